The van der Waals surface area contributed by atoms with Gasteiger partial charge in [-0.25, -0.2) is 4.98 Å². The molecule has 1 aromatic carbocycles. The van der Waals surface area contributed by atoms with Crippen LogP contribution in [0.2, 0.25) is 0 Å². The van der Waals surface area contributed by atoms with Crippen molar-refractivity contribution in [2.45, 2.75) is 6.54 Å². The normalized spacial score (nSPS) is 10.2. The molecule has 0 amide bonds. The van der Waals surface area contributed by atoms with Gasteiger partial charge in [-0.05, 0) is 22.0 Å². The van der Waals surface area contributed by atoms with E-state index in [2.05, 4.69) is 25.9 Å². The summed E-state index contributed by atoms with van der Waals surface area (Å²) >= 11 is 3.28. The van der Waals surface area contributed by atoms with Crippen molar-refractivity contribution in [2.24, 2.45) is 5.73 Å². The van der Waals surface area contributed by atoms with Crippen molar-refractivity contribution in [3.05, 3.63) is 40.5 Å². The first kappa shape index (κ1) is 12.8. The summed E-state index contributed by atoms with van der Waals surface area (Å²) in [5, 5.41) is 0. The summed E-state index contributed by atoms with van der Waals surface area (Å²) in [5.74, 6) is 1.06. The molecular formula is C12H12BrN3O2. The Hall–Kier alpha value is -1.66. The molecule has 94 valence electrons. The van der Waals surface area contributed by atoms with Gasteiger partial charge in [0.15, 0.2) is 0 Å². The molecule has 0 saturated heterocycles. The van der Waals surface area contributed by atoms with Crippen LogP contribution in [0, 0.1) is 0 Å². The van der Waals surface area contributed by atoms with Crippen LogP contribution >= 0.6 is 15.9 Å². The van der Waals surface area contributed by atoms with Gasteiger partial charge >= 0.3 is 6.01 Å². The van der Waals surface area contributed by atoms with Crippen molar-refractivity contribution in [1.82, 2.24) is 9.97 Å². The zero-order valence-corrected chi connectivity index (χ0v) is 11.3. The fourth-order valence-electron chi connectivity index (χ4n) is 1.40. The number of halogens is 1. The Balaban J connectivity index is 2.28. The topological polar surface area (TPSA) is 70.3 Å². The Morgan fingerprint density at radius 1 is 1.33 bits per heavy atom. The van der Waals surface area contributed by atoms with Crippen LogP contribution in [0.1, 0.15) is 5.56 Å². The second-order valence-electron chi connectivity index (χ2n) is 3.42. The van der Waals surface area contributed by atoms with E-state index in [-0.39, 0.29) is 6.01 Å². The minimum absolute atomic E-state index is 0.218. The lowest BCUT2D eigenvalue weighted by molar-refractivity contribution is 0.372. The largest absolute Gasteiger partial charge is 0.480 e. The Kier molecular flexibility index (Phi) is 4.11. The van der Waals surface area contributed by atoms with E-state index in [9.17, 15) is 0 Å². The Morgan fingerprint density at radius 2 is 2.11 bits per heavy atom. The van der Waals surface area contributed by atoms with Crippen molar-refractivity contribution in [1.29, 1.82) is 0 Å². The first-order chi connectivity index (χ1) is 8.74. The number of hydrogen-bond donors (Lipinski definition) is 1. The molecule has 6 heteroatoms. The third kappa shape index (κ3) is 2.77. The molecule has 0 bridgehead atoms. The maximum atomic E-state index is 5.63. The summed E-state index contributed by atoms with van der Waals surface area (Å²) in [6.07, 6.45) is 1.58. The third-order valence-corrected chi connectivity index (χ3v) is 2.82. The van der Waals surface area contributed by atoms with Gasteiger partial charge in [0.1, 0.15) is 5.75 Å². The fourth-order valence-corrected chi connectivity index (χ4v) is 1.75. The fraction of sp³-hybridized carbons (Fsp3) is 0.167. The molecule has 0 atom stereocenters. The highest BCUT2D eigenvalue weighted by atomic mass is 79.9. The number of methoxy groups -OCH3 is 1. The van der Waals surface area contributed by atoms with Gasteiger partial charge in [0.2, 0.25) is 5.88 Å². The van der Waals surface area contributed by atoms with Crippen LogP contribution in [0.5, 0.6) is 17.6 Å². The van der Waals surface area contributed by atoms with Crippen molar-refractivity contribution in [2.75, 3.05) is 7.11 Å². The van der Waals surface area contributed by atoms with Gasteiger partial charge in [-0.2, -0.15) is 4.98 Å². The van der Waals surface area contributed by atoms with E-state index in [4.69, 9.17) is 15.2 Å². The van der Waals surface area contributed by atoms with Crippen molar-refractivity contribution in [3.63, 3.8) is 0 Å². The number of nitrogens with zero attached hydrogens (tertiary/aromatic N) is 2. The molecule has 0 unspecified atom stereocenters. The molecule has 0 aliphatic carbocycles. The Bertz CT molecular complexity index is 549. The Morgan fingerprint density at radius 3 is 2.83 bits per heavy atom. The molecule has 0 saturated carbocycles. The first-order valence-corrected chi connectivity index (χ1v) is 6.06. The van der Waals surface area contributed by atoms with E-state index in [0.29, 0.717) is 22.6 Å². The molecule has 1 heterocycles. The van der Waals surface area contributed by atoms with E-state index in [1.807, 2.05) is 24.3 Å². The number of benzene rings is 1. The first-order valence-electron chi connectivity index (χ1n) is 5.27. The zero-order chi connectivity index (χ0) is 13.0. The zero-order valence-electron chi connectivity index (χ0n) is 9.76. The average Bonchev–Trinajstić information content (AvgIpc) is 2.41. The van der Waals surface area contributed by atoms with Gasteiger partial charge in [0.05, 0.1) is 17.8 Å². The number of nitrogens with two attached hydrogens (primary N) is 1. The number of ether oxygens (including phenoxy) is 2. The van der Waals surface area contributed by atoms with E-state index in [0.717, 1.165) is 5.56 Å². The molecule has 0 aliphatic rings. The van der Waals surface area contributed by atoms with Crippen molar-refractivity contribution in [3.8, 4) is 17.6 Å². The summed E-state index contributed by atoms with van der Waals surface area (Å²) in [5.41, 5.74) is 6.52. The highest BCUT2D eigenvalue weighted by Gasteiger charge is 2.08. The van der Waals surface area contributed by atoms with E-state index >= 15 is 0 Å². The molecule has 0 spiro atoms. The highest BCUT2D eigenvalue weighted by molar-refractivity contribution is 9.10. The molecular weight excluding hydrogens is 298 g/mol. The minimum Gasteiger partial charge on any atom is -0.480 e. The summed E-state index contributed by atoms with van der Waals surface area (Å²) in [4.78, 5) is 8.17. The SMILES string of the molecule is COc1nc(Oc2ccccc2CN)ncc1Br. The summed E-state index contributed by atoms with van der Waals surface area (Å²) in [6, 6.07) is 7.70. The second-order valence-corrected chi connectivity index (χ2v) is 4.28. The van der Waals surface area contributed by atoms with Gasteiger partial charge < -0.3 is 15.2 Å². The average molecular weight is 310 g/mol. The second kappa shape index (κ2) is 5.79. The lowest BCUT2D eigenvalue weighted by atomic mass is 10.2. The minimum atomic E-state index is 0.218. The predicted octanol–water partition coefficient (Wildman–Crippen LogP) is 2.50. The van der Waals surface area contributed by atoms with Gasteiger partial charge in [-0.1, -0.05) is 18.2 Å². The summed E-state index contributed by atoms with van der Waals surface area (Å²) in [6.45, 7) is 0.393. The van der Waals surface area contributed by atoms with Crippen molar-refractivity contribution < 1.29 is 9.47 Å². The molecule has 0 radical (unpaired) electrons. The molecule has 1 aromatic heterocycles. The van der Waals surface area contributed by atoms with Gasteiger partial charge in [-0.3, -0.25) is 0 Å². The number of hydrogen-bond acceptors (Lipinski definition) is 5. The van der Waals surface area contributed by atoms with E-state index < -0.39 is 0 Å². The highest BCUT2D eigenvalue weighted by Crippen LogP contribution is 2.27. The van der Waals surface area contributed by atoms with Crippen LogP contribution < -0.4 is 15.2 Å². The smallest absolute Gasteiger partial charge is 0.325 e. The van der Waals surface area contributed by atoms with Crippen LogP contribution in [0.25, 0.3) is 0 Å². The number of aromatic nitrogens is 2. The molecule has 0 fully saturated rings. The molecule has 2 aromatic rings. The molecule has 2 rings (SSSR count). The number of para-hydroxylation sites is 1. The van der Waals surface area contributed by atoms with Crippen LogP contribution in [-0.4, -0.2) is 17.1 Å². The van der Waals surface area contributed by atoms with Gasteiger partial charge in [0.25, 0.3) is 0 Å². The van der Waals surface area contributed by atoms with Crippen LogP contribution in [0.3, 0.4) is 0 Å². The molecule has 0 aliphatic heterocycles. The molecule has 5 nitrogen and oxygen atoms in total. The number of rotatable bonds is 4. The standard InChI is InChI=1S/C12H12BrN3O2/c1-17-11-9(13)7-15-12(16-11)18-10-5-3-2-4-8(10)6-14/h2-5,7H,6,14H2,1H3. The lowest BCUT2D eigenvalue weighted by Gasteiger charge is -2.09. The summed E-state index contributed by atoms with van der Waals surface area (Å²) < 4.78 is 11.3. The monoisotopic (exact) mass is 309 g/mol. The molecule has 2 N–H and O–H groups in total. The molecule has 18 heavy (non-hydrogen) atoms. The maximum absolute atomic E-state index is 5.63. The Labute approximate surface area is 113 Å². The van der Waals surface area contributed by atoms with Gasteiger partial charge in [-0.15, -0.1) is 0 Å². The quantitative estimate of drug-likeness (QED) is 0.939. The van der Waals surface area contributed by atoms with E-state index in [1.165, 1.54) is 7.11 Å². The van der Waals surface area contributed by atoms with Crippen LogP contribution in [0.4, 0.5) is 0 Å². The van der Waals surface area contributed by atoms with Crippen molar-refractivity contribution >= 4 is 15.9 Å². The maximum Gasteiger partial charge on any atom is 0.325 e. The van der Waals surface area contributed by atoms with Crippen LogP contribution in [-0.2, 0) is 6.54 Å². The van der Waals surface area contributed by atoms with Crippen LogP contribution in [0.15, 0.2) is 34.9 Å². The third-order valence-electron chi connectivity index (χ3n) is 2.28. The predicted molar refractivity (Wildman–Crippen MR) is 70.7 cm³/mol. The van der Waals surface area contributed by atoms with E-state index in [1.54, 1.807) is 6.20 Å². The lowest BCUT2D eigenvalue weighted by Crippen LogP contribution is -2.01. The van der Waals surface area contributed by atoms with Gasteiger partial charge in [0, 0.05) is 12.1 Å². The summed E-state index contributed by atoms with van der Waals surface area (Å²) in [7, 11) is 1.53.